The van der Waals surface area contributed by atoms with E-state index in [1.165, 1.54) is 16.7 Å². The van der Waals surface area contributed by atoms with Crippen LogP contribution in [0.1, 0.15) is 174 Å². The molecule has 3 aliphatic heterocycles. The molecule has 11 heteroatoms. The number of carbonyl (C=O) groups is 2. The van der Waals surface area contributed by atoms with Crippen LogP contribution in [0.15, 0.2) is 96.6 Å². The first-order chi connectivity index (χ1) is 46.6. The Morgan fingerprint density at radius 2 is 1.58 bits per heavy atom. The largest absolute Gasteiger partial charge is 0.454 e. The van der Waals surface area contributed by atoms with Crippen LogP contribution in [-0.4, -0.2) is 104 Å². The van der Waals surface area contributed by atoms with Gasteiger partial charge in [-0.1, -0.05) is 109 Å². The van der Waals surface area contributed by atoms with Crippen molar-refractivity contribution in [1.82, 2.24) is 5.32 Å². The molecule has 4 spiro atoms. The third kappa shape index (κ3) is 7.28. The highest BCUT2D eigenvalue weighted by Gasteiger charge is 2.93. The van der Waals surface area contributed by atoms with Gasteiger partial charge in [0.1, 0.15) is 23.6 Å². The number of aldehydes is 1. The fourth-order valence-electron chi connectivity index (χ4n) is 30.9. The average Bonchev–Trinajstić information content (AvgIpc) is 1.27. The van der Waals surface area contributed by atoms with E-state index in [9.17, 15) is 15.0 Å². The topological polar surface area (TPSA) is 186 Å². The van der Waals surface area contributed by atoms with Crippen molar-refractivity contribution < 1.29 is 49.7 Å². The van der Waals surface area contributed by atoms with Crippen molar-refractivity contribution in [2.45, 2.75) is 214 Å². The van der Waals surface area contributed by atoms with Crippen molar-refractivity contribution in [3.8, 4) is 23.7 Å². The van der Waals surface area contributed by atoms with Gasteiger partial charge >= 0.3 is 5.97 Å². The van der Waals surface area contributed by atoms with Crippen LogP contribution < -0.4 is 5.32 Å². The van der Waals surface area contributed by atoms with Crippen molar-refractivity contribution in [2.75, 3.05) is 13.7 Å². The summed E-state index contributed by atoms with van der Waals surface area (Å²) in [4.78, 5) is 31.5. The fourth-order valence-corrected chi connectivity index (χ4v) is 30.9. The molecular formula is C85H99NO10. The van der Waals surface area contributed by atoms with Gasteiger partial charge in [0, 0.05) is 75.4 Å². The number of aliphatic hydroxyl groups is 6. The minimum Gasteiger partial charge on any atom is -0.454 e. The van der Waals surface area contributed by atoms with Crippen molar-refractivity contribution >= 4 is 12.3 Å². The van der Waals surface area contributed by atoms with Crippen LogP contribution in [0.25, 0.3) is 0 Å². The second-order valence-electron chi connectivity index (χ2n) is 35.9. The van der Waals surface area contributed by atoms with E-state index in [4.69, 9.17) is 9.47 Å². The second kappa shape index (κ2) is 20.9. The lowest BCUT2D eigenvalue weighted by Gasteiger charge is -2.79. The highest BCUT2D eigenvalue weighted by atomic mass is 16.5. The Morgan fingerprint density at radius 3 is 2.40 bits per heavy atom. The van der Waals surface area contributed by atoms with Gasteiger partial charge in [0.05, 0.1) is 42.5 Å². The fraction of sp³-hybridized carbons (Fsp3) is 0.671. The molecule has 96 heavy (non-hydrogen) atoms. The summed E-state index contributed by atoms with van der Waals surface area (Å²) in [5.41, 5.74) is -5.75. The summed E-state index contributed by atoms with van der Waals surface area (Å²) in [5, 5.41) is 92.0. The maximum Gasteiger partial charge on any atom is 0.331 e. The van der Waals surface area contributed by atoms with Crippen LogP contribution in [0.2, 0.25) is 0 Å². The van der Waals surface area contributed by atoms with Crippen LogP contribution in [0.4, 0.5) is 0 Å². The zero-order valence-electron chi connectivity index (χ0n) is 56.1. The predicted molar refractivity (Wildman–Crippen MR) is 360 cm³/mol. The second-order valence-corrected chi connectivity index (χ2v) is 35.9. The lowest BCUT2D eigenvalue weighted by molar-refractivity contribution is -0.412. The number of rotatable bonds is 5. The zero-order chi connectivity index (χ0) is 64.9. The molecule has 29 atom stereocenters. The first kappa shape index (κ1) is 61.0. The summed E-state index contributed by atoms with van der Waals surface area (Å²) < 4.78 is 15.1. The number of hydrogen-bond acceptors (Lipinski definition) is 11. The molecule has 12 fully saturated rings. The molecule has 18 aliphatic rings. The third-order valence-corrected chi connectivity index (χ3v) is 33.8. The van der Waals surface area contributed by atoms with Crippen LogP contribution in [0.3, 0.4) is 0 Å². The Balaban J connectivity index is 0.878. The summed E-state index contributed by atoms with van der Waals surface area (Å²) in [6.07, 6.45) is 21.8. The molecule has 0 amide bonds. The number of fused-ring (bicyclic) bond motifs is 9. The number of hydrogen-bond donors (Lipinski definition) is 7. The highest BCUT2D eigenvalue weighted by Crippen LogP contribution is 2.88. The standard InChI is InChI=1S/C85H99NO10/c1-86-70-38-62-52(15-8-18-56(62)43-87)23-28-77(26-5-6-27-77)44-80-41-55-17-10-20-60-59(51-13-3-2-4-14-51)24-29-78-30-25-61-66(39-65(60)78)81(78)45-79(46-88)74(55)85(94,83(80,92)42-57-36-64(70)73-67(40-72(90)96-73)82(57,80)47-89)75(91)68-37-63-53-16-9-19-58(63)54-22-21-50(33-54)32-48-11-7-12-49(31-48)34-71(61)95-76(81)69(35-53)84(68,79)93/h2-4,7-9,11-16,18,31,40,46,50,53-55,57-61,63-66,68-71,73-76,86-87,89,91-94H,5-6,19-22,24-27,29-30,32-39,41-45,47H2,1H3. The van der Waals surface area contributed by atoms with E-state index in [1.54, 1.807) is 6.08 Å². The minimum atomic E-state index is -2.50. The number of likely N-dealkylation sites (N-methyl/N-ethyl adjacent to an activating group) is 1. The van der Waals surface area contributed by atoms with Gasteiger partial charge in [-0.25, -0.2) is 4.79 Å². The van der Waals surface area contributed by atoms with E-state index < -0.39 is 104 Å². The number of nitrogens with one attached hydrogen (secondary N) is 1. The maximum absolute atomic E-state index is 16.8. The molecule has 504 valence electrons. The summed E-state index contributed by atoms with van der Waals surface area (Å²) >= 11 is 0. The van der Waals surface area contributed by atoms with Crippen LogP contribution in [0, 0.1) is 145 Å². The zero-order valence-corrected chi connectivity index (χ0v) is 56.1. The van der Waals surface area contributed by atoms with Gasteiger partial charge in [-0.15, -0.1) is 5.92 Å². The molecule has 21 rings (SSSR count). The molecule has 11 saturated carbocycles. The summed E-state index contributed by atoms with van der Waals surface area (Å²) in [6, 6.07) is 26.3. The van der Waals surface area contributed by atoms with Gasteiger partial charge in [-0.05, 0) is 252 Å². The first-order valence-corrected chi connectivity index (χ1v) is 38.3. The highest BCUT2D eigenvalue weighted by molar-refractivity contribution is 5.87. The molecule has 3 aromatic carbocycles. The van der Waals surface area contributed by atoms with E-state index in [-0.39, 0.29) is 96.7 Å². The molecule has 3 heterocycles. The predicted octanol–water partition coefficient (Wildman–Crippen LogP) is 10.7. The van der Waals surface area contributed by atoms with Crippen molar-refractivity contribution in [2.24, 2.45) is 121 Å². The Kier molecular flexibility index (Phi) is 13.3. The number of esters is 1. The van der Waals surface area contributed by atoms with Gasteiger partial charge in [-0.3, -0.25) is 0 Å². The van der Waals surface area contributed by atoms with Crippen LogP contribution in [-0.2, 0) is 44.9 Å². The Labute approximate surface area is 566 Å². The van der Waals surface area contributed by atoms with E-state index in [0.717, 1.165) is 106 Å². The van der Waals surface area contributed by atoms with Crippen molar-refractivity contribution in [3.63, 3.8) is 0 Å². The SMILES string of the molecule is CNC1Cc2c(cccc2CO)C#CC2(CCCC2)CC23CC4C#CCC5C(c6ccccc6)CCC67CCC8C9Cc%10cccc(c%10)CC%10CCC(C%10)C%10CC=CC%11CC%12C(O9)C6(CC6(C=O)C4C(O)(C(O)C(CC%11%10)C%126O)C2(O)CC2CC1C1OC(=O)C=C1C23CO)C8CC57. The van der Waals surface area contributed by atoms with E-state index >= 15 is 25.2 Å². The summed E-state index contributed by atoms with van der Waals surface area (Å²) in [7, 11) is 1.94. The number of aliphatic hydroxyl groups excluding tert-OH is 3. The third-order valence-electron chi connectivity index (χ3n) is 33.8. The van der Waals surface area contributed by atoms with Gasteiger partial charge in [0.25, 0.3) is 0 Å². The molecular weight excluding hydrogens is 1190 g/mol. The molecule has 15 aliphatic carbocycles. The number of allylic oxidation sites excluding steroid dienone is 2. The normalized spacial score (nSPS) is 51.5. The minimum absolute atomic E-state index is 0.00698. The van der Waals surface area contributed by atoms with Crippen LogP contribution >= 0.6 is 0 Å². The monoisotopic (exact) mass is 1290 g/mol. The summed E-state index contributed by atoms with van der Waals surface area (Å²) in [5.74, 6) is 12.8. The quantitative estimate of drug-likeness (QED) is 0.0558. The lowest BCUT2D eigenvalue weighted by atomic mass is 9.27. The number of benzene rings is 3. The van der Waals surface area contributed by atoms with Crippen LogP contribution in [0.5, 0.6) is 0 Å². The number of ether oxygens (including phenoxy) is 2. The van der Waals surface area contributed by atoms with Crippen molar-refractivity contribution in [1.29, 1.82) is 0 Å². The van der Waals surface area contributed by atoms with Gasteiger partial charge in [0.2, 0.25) is 0 Å². The number of carbonyl (C=O) groups excluding carboxylic acids is 2. The Morgan fingerprint density at radius 1 is 0.760 bits per heavy atom. The molecule has 0 aromatic heterocycles. The molecule has 11 nitrogen and oxygen atoms in total. The molecule has 1 saturated heterocycles. The molecule has 3 aromatic rings. The Hall–Kier alpha value is -4.92. The van der Waals surface area contributed by atoms with E-state index in [0.29, 0.717) is 68.8 Å². The van der Waals surface area contributed by atoms with Gasteiger partial charge in [-0.2, -0.15) is 0 Å². The molecule has 29 unspecified atom stereocenters. The van der Waals surface area contributed by atoms with E-state index in [1.807, 2.05) is 19.2 Å². The lowest BCUT2D eigenvalue weighted by Crippen LogP contribution is -2.89. The average molecular weight is 1290 g/mol. The van der Waals surface area contributed by atoms with Gasteiger partial charge in [0.15, 0.2) is 0 Å². The molecule has 7 N–H and O–H groups in total. The summed E-state index contributed by atoms with van der Waals surface area (Å²) in [6.45, 7) is -0.627. The Bertz CT molecular complexity index is 3950. The van der Waals surface area contributed by atoms with Crippen molar-refractivity contribution in [3.05, 3.63) is 130 Å². The molecule has 21 bridgehead atoms. The smallest absolute Gasteiger partial charge is 0.331 e. The molecule has 0 radical (unpaired) electrons. The first-order valence-electron chi connectivity index (χ1n) is 38.3. The maximum atomic E-state index is 16.8. The van der Waals surface area contributed by atoms with E-state index in [2.05, 4.69) is 102 Å². The van der Waals surface area contributed by atoms with Gasteiger partial charge < -0.3 is 50.2 Å².